The van der Waals surface area contributed by atoms with Crippen molar-refractivity contribution in [3.8, 4) is 5.75 Å². The van der Waals surface area contributed by atoms with Gasteiger partial charge in [-0.2, -0.15) is 0 Å². The molecule has 0 radical (unpaired) electrons. The van der Waals surface area contributed by atoms with Gasteiger partial charge >= 0.3 is 0 Å². The van der Waals surface area contributed by atoms with Gasteiger partial charge in [0, 0.05) is 13.1 Å². The van der Waals surface area contributed by atoms with Gasteiger partial charge in [-0.1, -0.05) is 0 Å². The van der Waals surface area contributed by atoms with E-state index >= 15 is 0 Å². The van der Waals surface area contributed by atoms with Crippen molar-refractivity contribution < 1.29 is 9.66 Å². The van der Waals surface area contributed by atoms with E-state index in [0.717, 1.165) is 17.8 Å². The monoisotopic (exact) mass is 222 g/mol. The molecule has 0 bridgehead atoms. The van der Waals surface area contributed by atoms with Crippen molar-refractivity contribution in [1.29, 1.82) is 0 Å². The van der Waals surface area contributed by atoms with Crippen molar-refractivity contribution in [2.45, 2.75) is 13.8 Å². The maximum atomic E-state index is 10.9. The standard InChI is InChI=1S/C11H14N2O3/c1-7-6-9(13(14)15)8(2)11-10(7)12(3)4-5-16-11/h6H,4-5H2,1-3H3. The fourth-order valence-corrected chi connectivity index (χ4v) is 2.09. The molecule has 0 aliphatic carbocycles. The molecule has 0 unspecified atom stereocenters. The smallest absolute Gasteiger partial charge is 0.276 e. The third-order valence-electron chi connectivity index (χ3n) is 2.92. The number of ether oxygens (including phenoxy) is 1. The highest BCUT2D eigenvalue weighted by Gasteiger charge is 2.25. The molecule has 0 fully saturated rings. The maximum Gasteiger partial charge on any atom is 0.276 e. The fourth-order valence-electron chi connectivity index (χ4n) is 2.09. The van der Waals surface area contributed by atoms with Gasteiger partial charge in [0.1, 0.15) is 6.61 Å². The average molecular weight is 222 g/mol. The number of likely N-dealkylation sites (N-methyl/N-ethyl adjacent to an activating group) is 1. The summed E-state index contributed by atoms with van der Waals surface area (Å²) >= 11 is 0. The minimum absolute atomic E-state index is 0.131. The molecule has 2 rings (SSSR count). The number of nitrogens with zero attached hydrogens (tertiary/aromatic N) is 2. The van der Waals surface area contributed by atoms with Crippen molar-refractivity contribution in [1.82, 2.24) is 0 Å². The first-order valence-electron chi connectivity index (χ1n) is 5.15. The quantitative estimate of drug-likeness (QED) is 0.539. The van der Waals surface area contributed by atoms with Gasteiger partial charge in [0.05, 0.1) is 22.7 Å². The van der Waals surface area contributed by atoms with E-state index in [1.54, 1.807) is 13.0 Å². The molecule has 1 aliphatic rings. The highest BCUT2D eigenvalue weighted by Crippen LogP contribution is 2.41. The molecule has 5 heteroatoms. The van der Waals surface area contributed by atoms with E-state index in [4.69, 9.17) is 4.74 Å². The molecule has 0 atom stereocenters. The molecular formula is C11H14N2O3. The van der Waals surface area contributed by atoms with Gasteiger partial charge in [-0.3, -0.25) is 10.1 Å². The van der Waals surface area contributed by atoms with Gasteiger partial charge in [0.25, 0.3) is 5.69 Å². The van der Waals surface area contributed by atoms with Crippen LogP contribution in [0.1, 0.15) is 11.1 Å². The van der Waals surface area contributed by atoms with Crippen molar-refractivity contribution in [2.24, 2.45) is 0 Å². The molecule has 1 aromatic carbocycles. The maximum absolute atomic E-state index is 10.9. The fraction of sp³-hybridized carbons (Fsp3) is 0.455. The van der Waals surface area contributed by atoms with E-state index in [-0.39, 0.29) is 10.6 Å². The predicted octanol–water partition coefficient (Wildman–Crippen LogP) is 2.04. The van der Waals surface area contributed by atoms with Crippen LogP contribution in [-0.2, 0) is 0 Å². The van der Waals surface area contributed by atoms with Gasteiger partial charge in [-0.15, -0.1) is 0 Å². The van der Waals surface area contributed by atoms with Crippen LogP contribution < -0.4 is 9.64 Å². The van der Waals surface area contributed by atoms with Gasteiger partial charge in [0.15, 0.2) is 5.75 Å². The topological polar surface area (TPSA) is 55.6 Å². The summed E-state index contributed by atoms with van der Waals surface area (Å²) in [6.45, 7) is 4.99. The zero-order valence-electron chi connectivity index (χ0n) is 9.61. The highest BCUT2D eigenvalue weighted by atomic mass is 16.6. The molecule has 0 aromatic heterocycles. The Morgan fingerprint density at radius 3 is 2.81 bits per heavy atom. The summed E-state index contributed by atoms with van der Waals surface area (Å²) < 4.78 is 5.55. The van der Waals surface area contributed by atoms with Gasteiger partial charge < -0.3 is 9.64 Å². The van der Waals surface area contributed by atoms with Crippen LogP contribution in [0, 0.1) is 24.0 Å². The van der Waals surface area contributed by atoms with Crippen molar-refractivity contribution in [2.75, 3.05) is 25.1 Å². The zero-order chi connectivity index (χ0) is 11.9. The molecule has 16 heavy (non-hydrogen) atoms. The van der Waals surface area contributed by atoms with Gasteiger partial charge in [-0.25, -0.2) is 0 Å². The Kier molecular flexibility index (Phi) is 2.46. The van der Waals surface area contributed by atoms with Crippen molar-refractivity contribution in [3.63, 3.8) is 0 Å². The number of hydrogen-bond donors (Lipinski definition) is 0. The molecule has 0 saturated carbocycles. The Balaban J connectivity index is 2.68. The number of nitro groups is 1. The number of rotatable bonds is 1. The third kappa shape index (κ3) is 1.48. The summed E-state index contributed by atoms with van der Waals surface area (Å²) in [5.74, 6) is 0.653. The molecular weight excluding hydrogens is 208 g/mol. The summed E-state index contributed by atoms with van der Waals surface area (Å²) in [5, 5.41) is 10.9. The van der Waals surface area contributed by atoms with Crippen LogP contribution in [0.15, 0.2) is 6.07 Å². The van der Waals surface area contributed by atoms with Gasteiger partial charge in [-0.05, 0) is 19.4 Å². The molecule has 0 N–H and O–H groups in total. The molecule has 0 spiro atoms. The van der Waals surface area contributed by atoms with Crippen LogP contribution >= 0.6 is 0 Å². The largest absolute Gasteiger partial charge is 0.489 e. The van der Waals surface area contributed by atoms with E-state index in [0.29, 0.717) is 17.9 Å². The number of fused-ring (bicyclic) bond motifs is 1. The second kappa shape index (κ2) is 3.66. The normalized spacial score (nSPS) is 14.3. The van der Waals surface area contributed by atoms with E-state index in [2.05, 4.69) is 4.90 Å². The molecule has 1 aliphatic heterocycles. The van der Waals surface area contributed by atoms with Crippen LogP contribution in [0.3, 0.4) is 0 Å². The molecule has 1 heterocycles. The van der Waals surface area contributed by atoms with E-state index < -0.39 is 0 Å². The Bertz CT molecular complexity index is 457. The second-order valence-corrected chi connectivity index (χ2v) is 4.04. The lowest BCUT2D eigenvalue weighted by atomic mass is 10.0. The summed E-state index contributed by atoms with van der Waals surface area (Å²) in [4.78, 5) is 12.6. The Hall–Kier alpha value is -1.78. The SMILES string of the molecule is Cc1cc([N+](=O)[O-])c(C)c2c1N(C)CCO2. The van der Waals surface area contributed by atoms with Crippen LogP contribution in [0.5, 0.6) is 5.75 Å². The summed E-state index contributed by atoms with van der Waals surface area (Å²) in [6.07, 6.45) is 0. The number of anilines is 1. The van der Waals surface area contributed by atoms with Crippen LogP contribution in [0.4, 0.5) is 11.4 Å². The number of benzene rings is 1. The molecule has 86 valence electrons. The molecule has 1 aromatic rings. The summed E-state index contributed by atoms with van der Waals surface area (Å²) in [7, 11) is 1.97. The predicted molar refractivity (Wildman–Crippen MR) is 61.3 cm³/mol. The Morgan fingerprint density at radius 2 is 2.19 bits per heavy atom. The van der Waals surface area contributed by atoms with E-state index in [1.165, 1.54) is 0 Å². The lowest BCUT2D eigenvalue weighted by Gasteiger charge is -2.30. The molecule has 0 saturated heterocycles. The lowest BCUT2D eigenvalue weighted by Crippen LogP contribution is -2.30. The number of nitro benzene ring substituents is 1. The minimum atomic E-state index is -0.361. The van der Waals surface area contributed by atoms with Crippen LogP contribution in [0.25, 0.3) is 0 Å². The van der Waals surface area contributed by atoms with Gasteiger partial charge in [0.2, 0.25) is 0 Å². The molecule has 0 amide bonds. The van der Waals surface area contributed by atoms with E-state index in [1.807, 2.05) is 14.0 Å². The van der Waals surface area contributed by atoms with Crippen LogP contribution in [-0.4, -0.2) is 25.1 Å². The highest BCUT2D eigenvalue weighted by molar-refractivity contribution is 5.71. The lowest BCUT2D eigenvalue weighted by molar-refractivity contribution is -0.385. The molecule has 5 nitrogen and oxygen atoms in total. The van der Waals surface area contributed by atoms with E-state index in [9.17, 15) is 10.1 Å². The Morgan fingerprint density at radius 1 is 1.50 bits per heavy atom. The summed E-state index contributed by atoms with van der Waals surface area (Å²) in [5.41, 5.74) is 2.59. The Labute approximate surface area is 93.8 Å². The minimum Gasteiger partial charge on any atom is -0.489 e. The van der Waals surface area contributed by atoms with Crippen molar-refractivity contribution in [3.05, 3.63) is 27.3 Å². The number of aryl methyl sites for hydroxylation is 1. The van der Waals surface area contributed by atoms with Crippen LogP contribution in [0.2, 0.25) is 0 Å². The number of hydrogen-bond acceptors (Lipinski definition) is 4. The van der Waals surface area contributed by atoms with Crippen molar-refractivity contribution >= 4 is 11.4 Å². The average Bonchev–Trinajstić information content (AvgIpc) is 2.22. The summed E-state index contributed by atoms with van der Waals surface area (Å²) in [6, 6.07) is 1.61. The third-order valence-corrected chi connectivity index (χ3v) is 2.92. The zero-order valence-corrected chi connectivity index (χ0v) is 9.61. The second-order valence-electron chi connectivity index (χ2n) is 4.04. The first-order valence-corrected chi connectivity index (χ1v) is 5.15. The first kappa shape index (κ1) is 10.7. The first-order chi connectivity index (χ1) is 7.52.